The van der Waals surface area contributed by atoms with Crippen LogP contribution < -0.4 is 10.6 Å². The maximum absolute atomic E-state index is 2.41. The Labute approximate surface area is 303 Å². The van der Waals surface area contributed by atoms with Crippen LogP contribution in [0.3, 0.4) is 0 Å². The molecular weight excluding hydrogens is 638 g/mol. The van der Waals surface area contributed by atoms with E-state index in [1.165, 1.54) is 83.0 Å². The summed E-state index contributed by atoms with van der Waals surface area (Å²) in [5.74, 6) is 0. The van der Waals surface area contributed by atoms with Gasteiger partial charge in [0.1, 0.15) is 0 Å². The molecule has 0 bridgehead atoms. The average molecular weight is 693 g/mol. The van der Waals surface area contributed by atoms with Crippen molar-refractivity contribution >= 4 is 48.0 Å². The predicted molar refractivity (Wildman–Crippen MR) is 213 cm³/mol. The van der Waals surface area contributed by atoms with E-state index in [9.17, 15) is 0 Å². The first kappa shape index (κ1) is 39.1. The van der Waals surface area contributed by atoms with E-state index >= 15 is 0 Å². The third-order valence-electron chi connectivity index (χ3n) is 8.30. The molecule has 6 aromatic carbocycles. The largest absolute Gasteiger partial charge is 2.00 e. The normalized spacial score (nSPS) is 10.8. The maximum atomic E-state index is 2.41. The molecule has 0 aromatic heterocycles. The quantitative estimate of drug-likeness (QED) is 0.0642. The third-order valence-corrected chi connectivity index (χ3v) is 14.2. The van der Waals surface area contributed by atoms with E-state index in [0.29, 0.717) is 0 Å². The molecule has 0 N–H and O–H groups in total. The Bertz CT molecular complexity index is 1450. The van der Waals surface area contributed by atoms with Crippen molar-refractivity contribution in [3.05, 3.63) is 145 Å². The molecule has 0 nitrogen and oxygen atoms in total. The Balaban J connectivity index is 0.000000190. The molecule has 0 spiro atoms. The van der Waals surface area contributed by atoms with Gasteiger partial charge in [0, 0.05) is 0 Å². The molecule has 6 rings (SSSR count). The standard InChI is InChI=1S/2C15H20P.C14H14.Ti/c2*1-3-9-16(10-4-2)15-11-13-7-5-6-8-14(13)12-15;1-3-7-13(8-4-1)11-12-14-9-5-2-6-10-14;/h2*5-8,11-12H,3-4,9-10H2,1-2H3;1-10H,11-12H2;/q2*-1;;+2. The van der Waals surface area contributed by atoms with Crippen LogP contribution in [-0.4, -0.2) is 24.6 Å². The minimum absolute atomic E-state index is 0. The summed E-state index contributed by atoms with van der Waals surface area (Å²) in [6, 6.07) is 48.3. The number of hydrogen-bond acceptors (Lipinski definition) is 0. The van der Waals surface area contributed by atoms with Crippen LogP contribution in [0.1, 0.15) is 64.5 Å². The Morgan fingerprint density at radius 1 is 0.426 bits per heavy atom. The Morgan fingerprint density at radius 2 is 0.745 bits per heavy atom. The fourth-order valence-corrected chi connectivity index (χ4v) is 11.0. The summed E-state index contributed by atoms with van der Waals surface area (Å²) in [6.45, 7) is 9.20. The molecule has 0 unspecified atom stereocenters. The summed E-state index contributed by atoms with van der Waals surface area (Å²) in [7, 11) is 0.194. The number of rotatable bonds is 13. The second-order valence-electron chi connectivity index (χ2n) is 12.1. The van der Waals surface area contributed by atoms with Crippen LogP contribution in [0.4, 0.5) is 0 Å². The van der Waals surface area contributed by atoms with Gasteiger partial charge in [-0.25, -0.2) is 0 Å². The number of hydrogen-bond donors (Lipinski definition) is 0. The van der Waals surface area contributed by atoms with Crippen molar-refractivity contribution in [2.24, 2.45) is 0 Å². The summed E-state index contributed by atoms with van der Waals surface area (Å²) in [6.07, 6.45) is 13.1. The van der Waals surface area contributed by atoms with Crippen molar-refractivity contribution in [3.8, 4) is 0 Å². The van der Waals surface area contributed by atoms with Gasteiger partial charge in [0.2, 0.25) is 0 Å². The molecule has 0 amide bonds. The first-order chi connectivity index (χ1) is 22.6. The summed E-state index contributed by atoms with van der Waals surface area (Å²) >= 11 is 0. The van der Waals surface area contributed by atoms with Crippen LogP contribution in [-0.2, 0) is 34.6 Å². The van der Waals surface area contributed by atoms with Gasteiger partial charge in [0.15, 0.2) is 0 Å². The van der Waals surface area contributed by atoms with Crippen LogP contribution in [0.25, 0.3) is 21.5 Å². The van der Waals surface area contributed by atoms with Gasteiger partial charge in [-0.3, -0.25) is 0 Å². The molecule has 0 saturated heterocycles. The molecule has 0 heterocycles. The number of aryl methyl sites for hydroxylation is 2. The number of benzene rings is 4. The van der Waals surface area contributed by atoms with Crippen LogP contribution in [0.15, 0.2) is 133 Å². The topological polar surface area (TPSA) is 0 Å². The van der Waals surface area contributed by atoms with Crippen LogP contribution >= 0.6 is 15.8 Å². The fourth-order valence-electron chi connectivity index (χ4n) is 6.03. The van der Waals surface area contributed by atoms with Crippen molar-refractivity contribution in [1.29, 1.82) is 0 Å². The van der Waals surface area contributed by atoms with Gasteiger partial charge in [0.05, 0.1) is 0 Å². The minimum Gasteiger partial charge on any atom is -0.161 e. The van der Waals surface area contributed by atoms with E-state index in [-0.39, 0.29) is 37.6 Å². The molecule has 0 atom stereocenters. The Morgan fingerprint density at radius 3 is 1.06 bits per heavy atom. The predicted octanol–water partition coefficient (Wildman–Crippen LogP) is 12.4. The van der Waals surface area contributed by atoms with Gasteiger partial charge in [-0.2, -0.15) is 12.1 Å². The SMILES string of the molecule is CCCP(CCC)c1cc2ccccc2[cH-]1.CCCP(CCC)c1cc2ccccc2[cH-]1.[Ti+2].c1ccc(CCc2ccccc2)cc1. The van der Waals surface area contributed by atoms with Gasteiger partial charge in [-0.05, 0) is 48.6 Å². The van der Waals surface area contributed by atoms with Crippen molar-refractivity contribution in [3.63, 3.8) is 0 Å². The fraction of sp³-hybridized carbons (Fsp3) is 0.318. The molecule has 0 aliphatic rings. The van der Waals surface area contributed by atoms with E-state index in [1.807, 2.05) is 0 Å². The molecule has 0 saturated carbocycles. The zero-order valence-electron chi connectivity index (χ0n) is 29.2. The van der Waals surface area contributed by atoms with Crippen LogP contribution in [0.5, 0.6) is 0 Å². The van der Waals surface area contributed by atoms with Crippen LogP contribution in [0, 0.1) is 0 Å². The molecule has 6 aromatic rings. The second-order valence-corrected chi connectivity index (χ2v) is 17.1. The minimum atomic E-state index is 0. The van der Waals surface area contributed by atoms with E-state index < -0.39 is 0 Å². The van der Waals surface area contributed by atoms with Crippen molar-refractivity contribution in [2.75, 3.05) is 24.6 Å². The van der Waals surface area contributed by atoms with E-state index in [4.69, 9.17) is 0 Å². The van der Waals surface area contributed by atoms with E-state index in [0.717, 1.165) is 12.8 Å². The summed E-state index contributed by atoms with van der Waals surface area (Å²) in [4.78, 5) is 0. The maximum Gasteiger partial charge on any atom is 2.00 e. The van der Waals surface area contributed by atoms with Crippen molar-refractivity contribution in [1.82, 2.24) is 0 Å². The van der Waals surface area contributed by atoms with Gasteiger partial charge in [-0.15, -0.1) is 80.7 Å². The van der Waals surface area contributed by atoms with Gasteiger partial charge in [0.25, 0.3) is 0 Å². The van der Waals surface area contributed by atoms with Crippen LogP contribution in [0.2, 0.25) is 0 Å². The molecule has 0 radical (unpaired) electrons. The third kappa shape index (κ3) is 12.9. The zero-order chi connectivity index (χ0) is 32.4. The summed E-state index contributed by atoms with van der Waals surface area (Å²) in [5.41, 5.74) is 2.83. The van der Waals surface area contributed by atoms with Crippen molar-refractivity contribution < 1.29 is 21.7 Å². The summed E-state index contributed by atoms with van der Waals surface area (Å²) in [5, 5.41) is 8.88. The Hall–Kier alpha value is -2.33. The summed E-state index contributed by atoms with van der Waals surface area (Å²) < 4.78 is 0. The van der Waals surface area contributed by atoms with E-state index in [2.05, 4.69) is 161 Å². The second kappa shape index (κ2) is 22.3. The monoisotopic (exact) mass is 692 g/mol. The first-order valence-corrected chi connectivity index (χ1v) is 21.0. The molecule has 0 aliphatic heterocycles. The molecule has 47 heavy (non-hydrogen) atoms. The molecule has 0 aliphatic carbocycles. The zero-order valence-corrected chi connectivity index (χ0v) is 32.5. The Kier molecular flexibility index (Phi) is 18.6. The molecule has 3 heteroatoms. The van der Waals surface area contributed by atoms with Gasteiger partial charge >= 0.3 is 21.7 Å². The number of fused-ring (bicyclic) bond motifs is 2. The smallest absolute Gasteiger partial charge is 0.161 e. The van der Waals surface area contributed by atoms with Crippen molar-refractivity contribution in [2.45, 2.75) is 66.2 Å². The van der Waals surface area contributed by atoms with Gasteiger partial charge in [-0.1, -0.05) is 142 Å². The molecule has 0 fully saturated rings. The molecule has 244 valence electrons. The van der Waals surface area contributed by atoms with E-state index in [1.54, 1.807) is 10.6 Å². The first-order valence-electron chi connectivity index (χ1n) is 17.5. The molecular formula is C44H54P2Ti. The average Bonchev–Trinajstić information content (AvgIpc) is 3.74. The van der Waals surface area contributed by atoms with Gasteiger partial charge < -0.3 is 0 Å².